The predicted molar refractivity (Wildman–Crippen MR) is 83.8 cm³/mol. The highest BCUT2D eigenvalue weighted by molar-refractivity contribution is 6.04. The molecule has 9 nitrogen and oxygen atoms in total. The largest absolute Gasteiger partial charge is 0.472 e. The zero-order chi connectivity index (χ0) is 18.1. The number of fused-ring (bicyclic) bond motifs is 1. The summed E-state index contributed by atoms with van der Waals surface area (Å²) >= 11 is 0. The molecule has 2 heterocycles. The number of esters is 1. The summed E-state index contributed by atoms with van der Waals surface area (Å²) in [4.78, 5) is 39.7. The van der Waals surface area contributed by atoms with Gasteiger partial charge in [0.05, 0.1) is 6.10 Å². The second kappa shape index (κ2) is 6.42. The lowest BCUT2D eigenvalue weighted by molar-refractivity contribution is -0.389. The molecule has 130 valence electrons. The Morgan fingerprint density at radius 3 is 2.75 bits per heavy atom. The molecule has 0 bridgehead atoms. The lowest BCUT2D eigenvalue weighted by atomic mass is 10.1. The number of aromatic nitrogens is 1. The average molecular weight is 337 g/mol. The van der Waals surface area contributed by atoms with Crippen LogP contribution in [0.25, 0.3) is 0 Å². The number of ether oxygens (including phenoxy) is 2. The molecule has 0 aromatic carbocycles. The highest BCUT2D eigenvalue weighted by atomic mass is 16.6. The van der Waals surface area contributed by atoms with E-state index in [0.717, 1.165) is 4.90 Å². The first kappa shape index (κ1) is 17.6. The highest BCUT2D eigenvalue weighted by Gasteiger charge is 2.45. The maximum absolute atomic E-state index is 12.6. The van der Waals surface area contributed by atoms with Crippen molar-refractivity contribution in [3.63, 3.8) is 0 Å². The van der Waals surface area contributed by atoms with Gasteiger partial charge in [-0.1, -0.05) is 6.92 Å². The molecule has 1 atom stereocenters. The summed E-state index contributed by atoms with van der Waals surface area (Å²) in [6.07, 6.45) is 0.341. The van der Waals surface area contributed by atoms with E-state index in [2.05, 4.69) is 4.98 Å². The van der Waals surface area contributed by atoms with Gasteiger partial charge in [0.1, 0.15) is 6.54 Å². The van der Waals surface area contributed by atoms with Gasteiger partial charge in [0.15, 0.2) is 11.4 Å². The van der Waals surface area contributed by atoms with E-state index in [9.17, 15) is 19.7 Å². The summed E-state index contributed by atoms with van der Waals surface area (Å²) in [5.41, 5.74) is -1.22. The third-order valence-corrected chi connectivity index (χ3v) is 3.59. The normalized spacial score (nSPS) is 16.8. The van der Waals surface area contributed by atoms with Crippen molar-refractivity contribution in [2.24, 2.45) is 0 Å². The molecule has 0 saturated carbocycles. The fourth-order valence-electron chi connectivity index (χ4n) is 2.16. The van der Waals surface area contributed by atoms with Gasteiger partial charge in [0, 0.05) is 6.07 Å². The summed E-state index contributed by atoms with van der Waals surface area (Å²) in [5.74, 6) is -1.44. The van der Waals surface area contributed by atoms with Crippen LogP contribution in [-0.2, 0) is 14.3 Å². The van der Waals surface area contributed by atoms with E-state index in [1.54, 1.807) is 20.8 Å². The number of nitrogens with zero attached hydrogens (tertiary/aromatic N) is 3. The SMILES string of the molecule is CCC(C)OC(=O)CN1C(=O)C(C)(C)Oc2ccc([N+](=O)[O-])nc21. The molecule has 1 unspecified atom stereocenters. The van der Waals surface area contributed by atoms with Gasteiger partial charge in [0.2, 0.25) is 0 Å². The lowest BCUT2D eigenvalue weighted by Crippen LogP contribution is -2.54. The minimum absolute atomic E-state index is 0.0605. The summed E-state index contributed by atoms with van der Waals surface area (Å²) < 4.78 is 10.7. The first-order valence-corrected chi connectivity index (χ1v) is 7.51. The van der Waals surface area contributed by atoms with Crippen molar-refractivity contribution in [3.8, 4) is 5.75 Å². The minimum Gasteiger partial charge on any atom is -0.472 e. The monoisotopic (exact) mass is 337 g/mol. The number of carbonyl (C=O) groups excluding carboxylic acids is 2. The molecule has 0 N–H and O–H groups in total. The third-order valence-electron chi connectivity index (χ3n) is 3.59. The summed E-state index contributed by atoms with van der Waals surface area (Å²) in [6, 6.07) is 2.54. The number of rotatable bonds is 5. The Bertz CT molecular complexity index is 688. The molecule has 1 aliphatic rings. The second-order valence-electron chi connectivity index (χ2n) is 5.96. The summed E-state index contributed by atoms with van der Waals surface area (Å²) in [5, 5.41) is 10.9. The van der Waals surface area contributed by atoms with Crippen molar-refractivity contribution in [3.05, 3.63) is 22.2 Å². The van der Waals surface area contributed by atoms with Crippen LogP contribution >= 0.6 is 0 Å². The van der Waals surface area contributed by atoms with Crippen molar-refractivity contribution in [2.45, 2.75) is 45.8 Å². The van der Waals surface area contributed by atoms with Crippen LogP contribution in [0.15, 0.2) is 12.1 Å². The third kappa shape index (κ3) is 3.44. The Hall–Kier alpha value is -2.71. The average Bonchev–Trinajstić information content (AvgIpc) is 2.50. The van der Waals surface area contributed by atoms with Crippen molar-refractivity contribution < 1.29 is 24.0 Å². The summed E-state index contributed by atoms with van der Waals surface area (Å²) in [7, 11) is 0. The number of anilines is 1. The van der Waals surface area contributed by atoms with Gasteiger partial charge in [-0.25, -0.2) is 0 Å². The van der Waals surface area contributed by atoms with Crippen LogP contribution in [0.1, 0.15) is 34.1 Å². The van der Waals surface area contributed by atoms with E-state index in [1.165, 1.54) is 12.1 Å². The van der Waals surface area contributed by atoms with Crippen molar-refractivity contribution in [1.82, 2.24) is 4.98 Å². The van der Waals surface area contributed by atoms with E-state index in [0.29, 0.717) is 6.42 Å². The maximum atomic E-state index is 12.6. The van der Waals surface area contributed by atoms with Gasteiger partial charge >= 0.3 is 11.8 Å². The first-order chi connectivity index (χ1) is 11.2. The molecule has 2 rings (SSSR count). The highest BCUT2D eigenvalue weighted by Crippen LogP contribution is 2.37. The van der Waals surface area contributed by atoms with Gasteiger partial charge in [-0.2, -0.15) is 0 Å². The van der Waals surface area contributed by atoms with E-state index >= 15 is 0 Å². The molecule has 0 saturated heterocycles. The predicted octanol–water partition coefficient (Wildman–Crippen LogP) is 1.84. The van der Waals surface area contributed by atoms with Crippen LogP contribution in [-0.4, -0.2) is 40.0 Å². The standard InChI is InChI=1S/C15H19N3O6/c1-5-9(2)23-12(19)8-17-13-10(24-15(3,4)14(17)20)6-7-11(16-13)18(21)22/h6-7,9H,5,8H2,1-4H3. The molecule has 1 amide bonds. The van der Waals surface area contributed by atoms with Crippen molar-refractivity contribution in [2.75, 3.05) is 11.4 Å². The van der Waals surface area contributed by atoms with Gasteiger partial charge in [0.25, 0.3) is 11.7 Å². The molecular formula is C15H19N3O6. The molecule has 24 heavy (non-hydrogen) atoms. The number of nitro groups is 1. The van der Waals surface area contributed by atoms with Crippen LogP contribution in [0.5, 0.6) is 5.75 Å². The smallest absolute Gasteiger partial charge is 0.366 e. The first-order valence-electron chi connectivity index (χ1n) is 7.51. The lowest BCUT2D eigenvalue weighted by Gasteiger charge is -2.35. The fraction of sp³-hybridized carbons (Fsp3) is 0.533. The Balaban J connectivity index is 2.38. The molecule has 9 heteroatoms. The minimum atomic E-state index is -1.22. The van der Waals surface area contributed by atoms with Crippen LogP contribution in [0.3, 0.4) is 0 Å². The van der Waals surface area contributed by atoms with Crippen LogP contribution in [0, 0.1) is 10.1 Å². The fourth-order valence-corrected chi connectivity index (χ4v) is 2.16. The van der Waals surface area contributed by atoms with Gasteiger partial charge in [-0.3, -0.25) is 14.5 Å². The Morgan fingerprint density at radius 1 is 1.50 bits per heavy atom. The maximum Gasteiger partial charge on any atom is 0.366 e. The summed E-state index contributed by atoms with van der Waals surface area (Å²) in [6.45, 7) is 6.30. The number of hydrogen-bond donors (Lipinski definition) is 0. The van der Waals surface area contributed by atoms with Crippen molar-refractivity contribution in [1.29, 1.82) is 0 Å². The molecule has 0 aliphatic carbocycles. The number of pyridine rings is 1. The van der Waals surface area contributed by atoms with Crippen LogP contribution in [0.4, 0.5) is 11.6 Å². The quantitative estimate of drug-likeness (QED) is 0.457. The van der Waals surface area contributed by atoms with Crippen LogP contribution < -0.4 is 9.64 Å². The number of carbonyl (C=O) groups is 2. The number of hydrogen-bond acceptors (Lipinski definition) is 7. The molecule has 0 radical (unpaired) electrons. The van der Waals surface area contributed by atoms with Gasteiger partial charge in [-0.05, 0) is 43.2 Å². The van der Waals surface area contributed by atoms with Crippen LogP contribution in [0.2, 0.25) is 0 Å². The van der Waals surface area contributed by atoms with Gasteiger partial charge in [-0.15, -0.1) is 0 Å². The van der Waals surface area contributed by atoms with Gasteiger partial charge < -0.3 is 19.6 Å². The molecule has 1 aliphatic heterocycles. The van der Waals surface area contributed by atoms with Crippen molar-refractivity contribution >= 4 is 23.5 Å². The van der Waals surface area contributed by atoms with E-state index in [-0.39, 0.29) is 17.7 Å². The Morgan fingerprint density at radius 2 is 2.17 bits per heavy atom. The topological polar surface area (TPSA) is 112 Å². The van der Waals surface area contributed by atoms with E-state index in [1.807, 2.05) is 6.92 Å². The molecule has 1 aromatic heterocycles. The Kier molecular flexibility index (Phi) is 4.72. The number of amides is 1. The zero-order valence-corrected chi connectivity index (χ0v) is 13.9. The molecule has 0 fully saturated rings. The van der Waals surface area contributed by atoms with E-state index < -0.39 is 34.8 Å². The van der Waals surface area contributed by atoms with E-state index in [4.69, 9.17) is 9.47 Å². The zero-order valence-electron chi connectivity index (χ0n) is 13.9. The second-order valence-corrected chi connectivity index (χ2v) is 5.96. The molecule has 1 aromatic rings. The molecule has 0 spiro atoms. The molecular weight excluding hydrogens is 318 g/mol. The Labute approximate surface area is 138 Å².